The minimum atomic E-state index is -0.621. The van der Waals surface area contributed by atoms with Crippen LogP contribution in [0.3, 0.4) is 0 Å². The summed E-state index contributed by atoms with van der Waals surface area (Å²) in [7, 11) is 0. The Morgan fingerprint density at radius 3 is 2.47 bits per heavy atom. The fourth-order valence-corrected chi connectivity index (χ4v) is 3.49. The third-order valence-electron chi connectivity index (χ3n) is 3.91. The summed E-state index contributed by atoms with van der Waals surface area (Å²) in [5.74, 6) is -0.585. The largest absolute Gasteiger partial charge is 0.482 e. The molecule has 0 aliphatic rings. The van der Waals surface area contributed by atoms with E-state index in [0.717, 1.165) is 4.47 Å². The molecule has 0 fully saturated rings. The Hall–Kier alpha value is -2.58. The number of esters is 1. The zero-order valence-corrected chi connectivity index (χ0v) is 20.0. The third-order valence-corrected chi connectivity index (χ3v) is 5.27. The van der Waals surface area contributed by atoms with Crippen LogP contribution in [-0.2, 0) is 4.79 Å². The number of halogens is 4. The quantitative estimate of drug-likeness (QED) is 0.164. The van der Waals surface area contributed by atoms with Gasteiger partial charge in [0.25, 0.3) is 5.91 Å². The number of carbonyl (C=O) groups is 2. The second kappa shape index (κ2) is 11.3. The van der Waals surface area contributed by atoms with E-state index in [0.29, 0.717) is 16.3 Å². The molecular weight excluding hydrogens is 543 g/mol. The first-order valence-corrected chi connectivity index (χ1v) is 10.9. The van der Waals surface area contributed by atoms with E-state index in [1.807, 2.05) is 0 Å². The molecule has 0 saturated carbocycles. The van der Waals surface area contributed by atoms with Crippen molar-refractivity contribution in [1.82, 2.24) is 5.43 Å². The summed E-state index contributed by atoms with van der Waals surface area (Å²) in [6.45, 7) is -0.314. The summed E-state index contributed by atoms with van der Waals surface area (Å²) >= 11 is 21.2. The van der Waals surface area contributed by atoms with Crippen LogP contribution in [0, 0.1) is 0 Å². The van der Waals surface area contributed by atoms with Crippen LogP contribution >= 0.6 is 50.7 Å². The van der Waals surface area contributed by atoms with Crippen LogP contribution in [-0.4, -0.2) is 24.7 Å². The molecule has 1 N–H and O–H groups in total. The molecule has 3 rings (SSSR count). The lowest BCUT2D eigenvalue weighted by Crippen LogP contribution is -2.24. The average Bonchev–Trinajstić information content (AvgIpc) is 2.75. The van der Waals surface area contributed by atoms with Crippen molar-refractivity contribution in [1.29, 1.82) is 0 Å². The first-order valence-electron chi connectivity index (χ1n) is 8.99. The van der Waals surface area contributed by atoms with E-state index in [9.17, 15) is 9.59 Å². The zero-order chi connectivity index (χ0) is 23.1. The number of nitrogens with zero attached hydrogens (tertiary/aromatic N) is 1. The number of hydrogen-bond donors (Lipinski definition) is 1. The number of hydrazone groups is 1. The Bertz CT molecular complexity index is 1190. The van der Waals surface area contributed by atoms with E-state index < -0.39 is 11.9 Å². The fraction of sp³-hybridized carbons (Fsp3) is 0.0455. The second-order valence-electron chi connectivity index (χ2n) is 6.21. The molecule has 32 heavy (non-hydrogen) atoms. The van der Waals surface area contributed by atoms with Gasteiger partial charge in [-0.25, -0.2) is 10.2 Å². The standard InChI is InChI=1S/C22H14BrCl3N2O4/c23-14-5-7-19(32-22(30)16-3-1-2-4-17(16)25)13(9-14)11-27-28-21(29)12-31-20-8-6-15(24)10-18(20)26/h1-11H,12H2,(H,28,29)/b27-11-. The van der Waals surface area contributed by atoms with Crippen molar-refractivity contribution >= 4 is 68.8 Å². The van der Waals surface area contributed by atoms with Crippen molar-refractivity contribution in [2.45, 2.75) is 0 Å². The maximum atomic E-state index is 12.5. The molecule has 0 aromatic heterocycles. The highest BCUT2D eigenvalue weighted by molar-refractivity contribution is 9.10. The van der Waals surface area contributed by atoms with Gasteiger partial charge in [0.15, 0.2) is 6.61 Å². The highest BCUT2D eigenvalue weighted by Gasteiger charge is 2.14. The van der Waals surface area contributed by atoms with E-state index in [2.05, 4.69) is 26.5 Å². The van der Waals surface area contributed by atoms with Crippen molar-refractivity contribution in [3.05, 3.63) is 91.3 Å². The van der Waals surface area contributed by atoms with Gasteiger partial charge in [-0.1, -0.05) is 62.9 Å². The van der Waals surface area contributed by atoms with Gasteiger partial charge in [0.1, 0.15) is 11.5 Å². The van der Waals surface area contributed by atoms with Crippen LogP contribution in [0.1, 0.15) is 15.9 Å². The molecule has 0 saturated heterocycles. The van der Waals surface area contributed by atoms with Crippen LogP contribution in [0.2, 0.25) is 15.1 Å². The van der Waals surface area contributed by atoms with Gasteiger partial charge in [-0.2, -0.15) is 5.10 Å². The molecule has 3 aromatic rings. The zero-order valence-electron chi connectivity index (χ0n) is 16.2. The predicted molar refractivity (Wildman–Crippen MR) is 128 cm³/mol. The number of benzene rings is 3. The van der Waals surface area contributed by atoms with Crippen molar-refractivity contribution in [3.8, 4) is 11.5 Å². The molecule has 3 aromatic carbocycles. The number of carbonyl (C=O) groups excluding carboxylic acids is 2. The molecule has 0 radical (unpaired) electrons. The minimum Gasteiger partial charge on any atom is -0.482 e. The Morgan fingerprint density at radius 1 is 0.969 bits per heavy atom. The maximum absolute atomic E-state index is 12.5. The first kappa shape index (κ1) is 24.1. The Kier molecular flexibility index (Phi) is 8.53. The van der Waals surface area contributed by atoms with Crippen LogP contribution < -0.4 is 14.9 Å². The SMILES string of the molecule is O=C(COc1ccc(Cl)cc1Cl)N/N=C\c1cc(Br)ccc1OC(=O)c1ccccc1Cl. The van der Waals surface area contributed by atoms with Gasteiger partial charge < -0.3 is 9.47 Å². The third kappa shape index (κ3) is 6.71. The molecule has 0 atom stereocenters. The molecule has 1 amide bonds. The molecular formula is C22H14BrCl3N2O4. The summed E-state index contributed by atoms with van der Waals surface area (Å²) in [5, 5.41) is 4.91. The molecule has 0 bridgehead atoms. The summed E-state index contributed by atoms with van der Waals surface area (Å²) in [5.41, 5.74) is 3.01. The lowest BCUT2D eigenvalue weighted by atomic mass is 10.2. The normalized spacial score (nSPS) is 10.8. The van der Waals surface area contributed by atoms with E-state index in [1.54, 1.807) is 54.6 Å². The monoisotopic (exact) mass is 554 g/mol. The van der Waals surface area contributed by atoms with Gasteiger partial charge in [-0.05, 0) is 48.5 Å². The topological polar surface area (TPSA) is 77.0 Å². The molecule has 0 aliphatic carbocycles. The summed E-state index contributed by atoms with van der Waals surface area (Å²) in [6.07, 6.45) is 1.34. The first-order chi connectivity index (χ1) is 15.3. The summed E-state index contributed by atoms with van der Waals surface area (Å²) < 4.78 is 11.5. The van der Waals surface area contributed by atoms with Crippen LogP contribution in [0.15, 0.2) is 70.2 Å². The van der Waals surface area contributed by atoms with Gasteiger partial charge in [0.05, 0.1) is 21.8 Å². The molecule has 10 heteroatoms. The molecule has 6 nitrogen and oxygen atoms in total. The molecule has 0 aliphatic heterocycles. The van der Waals surface area contributed by atoms with E-state index in [-0.39, 0.29) is 28.0 Å². The lowest BCUT2D eigenvalue weighted by Gasteiger charge is -2.09. The van der Waals surface area contributed by atoms with Gasteiger partial charge in [-0.3, -0.25) is 4.79 Å². The minimum absolute atomic E-state index is 0.228. The van der Waals surface area contributed by atoms with Crippen LogP contribution in [0.5, 0.6) is 11.5 Å². The highest BCUT2D eigenvalue weighted by Crippen LogP contribution is 2.27. The molecule has 164 valence electrons. The summed E-state index contributed by atoms with van der Waals surface area (Å²) in [6, 6.07) is 16.2. The number of rotatable bonds is 7. The Morgan fingerprint density at radius 2 is 1.72 bits per heavy atom. The maximum Gasteiger partial charge on any atom is 0.345 e. The molecule has 0 unspecified atom stereocenters. The Labute approximate surface area is 207 Å². The molecule has 0 heterocycles. The van der Waals surface area contributed by atoms with Gasteiger partial charge in [-0.15, -0.1) is 0 Å². The van der Waals surface area contributed by atoms with E-state index in [4.69, 9.17) is 44.3 Å². The van der Waals surface area contributed by atoms with Gasteiger partial charge >= 0.3 is 5.97 Å². The second-order valence-corrected chi connectivity index (χ2v) is 8.37. The molecule has 0 spiro atoms. The number of amides is 1. The van der Waals surface area contributed by atoms with Crippen molar-refractivity contribution in [2.24, 2.45) is 5.10 Å². The van der Waals surface area contributed by atoms with E-state index >= 15 is 0 Å². The van der Waals surface area contributed by atoms with Crippen molar-refractivity contribution in [3.63, 3.8) is 0 Å². The van der Waals surface area contributed by atoms with Crippen LogP contribution in [0.4, 0.5) is 0 Å². The fourth-order valence-electron chi connectivity index (χ4n) is 2.44. The predicted octanol–water partition coefficient (Wildman–Crippen LogP) is 6.16. The lowest BCUT2D eigenvalue weighted by molar-refractivity contribution is -0.123. The smallest absolute Gasteiger partial charge is 0.345 e. The van der Waals surface area contributed by atoms with E-state index in [1.165, 1.54) is 12.3 Å². The average molecular weight is 557 g/mol. The summed E-state index contributed by atoms with van der Waals surface area (Å²) in [4.78, 5) is 24.5. The number of nitrogens with one attached hydrogen (secondary N) is 1. The number of ether oxygens (including phenoxy) is 2. The number of hydrogen-bond acceptors (Lipinski definition) is 5. The van der Waals surface area contributed by atoms with Crippen molar-refractivity contribution in [2.75, 3.05) is 6.61 Å². The van der Waals surface area contributed by atoms with Crippen LogP contribution in [0.25, 0.3) is 0 Å². The Balaban J connectivity index is 1.63. The van der Waals surface area contributed by atoms with Crippen molar-refractivity contribution < 1.29 is 19.1 Å². The highest BCUT2D eigenvalue weighted by atomic mass is 79.9. The van der Waals surface area contributed by atoms with Gasteiger partial charge in [0.2, 0.25) is 0 Å². The van der Waals surface area contributed by atoms with Gasteiger partial charge in [0, 0.05) is 15.1 Å².